The third kappa shape index (κ3) is 4.49. The van der Waals surface area contributed by atoms with Gasteiger partial charge in [-0.05, 0) is 37.4 Å². The number of furan rings is 1. The average Bonchev–Trinajstić information content (AvgIpc) is 2.88. The largest absolute Gasteiger partial charge is 0.464 e. The summed E-state index contributed by atoms with van der Waals surface area (Å²) < 4.78 is 5.92. The van der Waals surface area contributed by atoms with Crippen LogP contribution in [-0.2, 0) is 6.42 Å². The van der Waals surface area contributed by atoms with Gasteiger partial charge in [-0.1, -0.05) is 40.5 Å². The van der Waals surface area contributed by atoms with Crippen LogP contribution in [0.1, 0.15) is 70.9 Å². The molecule has 1 aromatic heterocycles. The lowest BCUT2D eigenvalue weighted by Crippen LogP contribution is -2.24. The van der Waals surface area contributed by atoms with E-state index in [1.54, 1.807) is 0 Å². The van der Waals surface area contributed by atoms with Gasteiger partial charge in [-0.3, -0.25) is 0 Å². The van der Waals surface area contributed by atoms with Gasteiger partial charge in [0.15, 0.2) is 0 Å². The second-order valence-electron chi connectivity index (χ2n) is 5.08. The smallest absolute Gasteiger partial charge is 0.121 e. The molecule has 0 bridgehead atoms. The van der Waals surface area contributed by atoms with Crippen LogP contribution in [0.5, 0.6) is 0 Å². The minimum absolute atomic E-state index is 0.384. The maximum absolute atomic E-state index is 5.92. The van der Waals surface area contributed by atoms with E-state index in [-0.39, 0.29) is 0 Å². The summed E-state index contributed by atoms with van der Waals surface area (Å²) in [6.07, 6.45) is 5.83. The van der Waals surface area contributed by atoms with Gasteiger partial charge in [0.1, 0.15) is 11.5 Å². The van der Waals surface area contributed by atoms with Crippen molar-refractivity contribution in [3.05, 3.63) is 23.7 Å². The van der Waals surface area contributed by atoms with Gasteiger partial charge in [0.25, 0.3) is 0 Å². The fourth-order valence-corrected chi connectivity index (χ4v) is 2.35. The maximum atomic E-state index is 5.92. The van der Waals surface area contributed by atoms with Gasteiger partial charge >= 0.3 is 0 Å². The van der Waals surface area contributed by atoms with Crippen LogP contribution >= 0.6 is 0 Å². The second kappa shape index (κ2) is 8.36. The van der Waals surface area contributed by atoms with E-state index >= 15 is 0 Å². The average molecular weight is 251 g/mol. The molecule has 0 spiro atoms. The highest BCUT2D eigenvalue weighted by atomic mass is 16.3. The molecule has 0 aromatic carbocycles. The van der Waals surface area contributed by atoms with Crippen molar-refractivity contribution < 1.29 is 4.42 Å². The molecule has 2 heteroatoms. The molecule has 1 atom stereocenters. The van der Waals surface area contributed by atoms with E-state index in [1.807, 2.05) is 0 Å². The molecule has 104 valence electrons. The molecule has 2 nitrogen and oxygen atoms in total. The molecule has 0 aliphatic carbocycles. The van der Waals surface area contributed by atoms with Crippen molar-refractivity contribution in [2.75, 3.05) is 6.54 Å². The number of hydrogen-bond acceptors (Lipinski definition) is 2. The van der Waals surface area contributed by atoms with Gasteiger partial charge in [-0.2, -0.15) is 0 Å². The Balaban J connectivity index is 2.69. The minimum atomic E-state index is 0.384. The zero-order valence-corrected chi connectivity index (χ0v) is 12.5. The molecular formula is C16H29NO. The summed E-state index contributed by atoms with van der Waals surface area (Å²) in [5.41, 5.74) is 0. The zero-order chi connectivity index (χ0) is 13.4. The Kier molecular flexibility index (Phi) is 7.11. The van der Waals surface area contributed by atoms with Crippen molar-refractivity contribution in [3.8, 4) is 0 Å². The molecule has 0 radical (unpaired) electrons. The Morgan fingerprint density at radius 1 is 1.11 bits per heavy atom. The lowest BCUT2D eigenvalue weighted by molar-refractivity contribution is 0.322. The highest BCUT2D eigenvalue weighted by Gasteiger charge is 2.18. The summed E-state index contributed by atoms with van der Waals surface area (Å²) in [6.45, 7) is 9.97. The molecule has 0 saturated heterocycles. The molecule has 0 amide bonds. The maximum Gasteiger partial charge on any atom is 0.121 e. The third-order valence-electron chi connectivity index (χ3n) is 3.74. The van der Waals surface area contributed by atoms with Crippen molar-refractivity contribution in [3.63, 3.8) is 0 Å². The van der Waals surface area contributed by atoms with Gasteiger partial charge in [0, 0.05) is 6.42 Å². The highest BCUT2D eigenvalue weighted by molar-refractivity contribution is 5.11. The minimum Gasteiger partial charge on any atom is -0.464 e. The second-order valence-corrected chi connectivity index (χ2v) is 5.08. The van der Waals surface area contributed by atoms with Crippen LogP contribution in [0.2, 0.25) is 0 Å². The summed E-state index contributed by atoms with van der Waals surface area (Å²) in [5.74, 6) is 3.00. The fraction of sp³-hybridized carbons (Fsp3) is 0.750. The molecule has 1 heterocycles. The Morgan fingerprint density at radius 3 is 2.33 bits per heavy atom. The van der Waals surface area contributed by atoms with E-state index in [0.717, 1.165) is 30.4 Å². The first-order valence-corrected chi connectivity index (χ1v) is 7.56. The summed E-state index contributed by atoms with van der Waals surface area (Å²) >= 11 is 0. The van der Waals surface area contributed by atoms with Crippen molar-refractivity contribution in [1.29, 1.82) is 0 Å². The molecule has 18 heavy (non-hydrogen) atoms. The summed E-state index contributed by atoms with van der Waals surface area (Å²) in [5, 5.41) is 3.63. The standard InChI is InChI=1S/C16H29NO/c1-5-11-17-15(12-13(6-2)7-3)16-10-9-14(8-4)18-16/h9-10,13,15,17H,5-8,11-12H2,1-4H3. The zero-order valence-electron chi connectivity index (χ0n) is 12.5. The monoisotopic (exact) mass is 251 g/mol. The quantitative estimate of drug-likeness (QED) is 0.687. The molecule has 1 aromatic rings. The Bertz CT molecular complexity index is 315. The Hall–Kier alpha value is -0.760. The Labute approximate surface area is 112 Å². The number of aryl methyl sites for hydroxylation is 1. The van der Waals surface area contributed by atoms with E-state index in [9.17, 15) is 0 Å². The van der Waals surface area contributed by atoms with E-state index in [4.69, 9.17) is 4.42 Å². The molecule has 1 N–H and O–H groups in total. The van der Waals surface area contributed by atoms with Gasteiger partial charge in [-0.25, -0.2) is 0 Å². The first-order valence-electron chi connectivity index (χ1n) is 7.56. The van der Waals surface area contributed by atoms with E-state index in [2.05, 4.69) is 45.1 Å². The van der Waals surface area contributed by atoms with Crippen molar-refractivity contribution in [2.24, 2.45) is 5.92 Å². The topological polar surface area (TPSA) is 25.2 Å². The fourth-order valence-electron chi connectivity index (χ4n) is 2.35. The van der Waals surface area contributed by atoms with E-state index in [0.29, 0.717) is 6.04 Å². The Morgan fingerprint density at radius 2 is 1.83 bits per heavy atom. The summed E-state index contributed by atoms with van der Waals surface area (Å²) in [7, 11) is 0. The van der Waals surface area contributed by atoms with Crippen LogP contribution in [0.3, 0.4) is 0 Å². The number of hydrogen-bond donors (Lipinski definition) is 1. The molecule has 1 rings (SSSR count). The van der Waals surface area contributed by atoms with Gasteiger partial charge in [0.2, 0.25) is 0 Å². The van der Waals surface area contributed by atoms with Crippen molar-refractivity contribution in [2.45, 2.75) is 65.8 Å². The predicted octanol–water partition coefficient (Wildman–Crippen LogP) is 4.71. The lowest BCUT2D eigenvalue weighted by atomic mass is 9.93. The van der Waals surface area contributed by atoms with Gasteiger partial charge in [0.05, 0.1) is 6.04 Å². The lowest BCUT2D eigenvalue weighted by Gasteiger charge is -2.21. The van der Waals surface area contributed by atoms with Crippen molar-refractivity contribution in [1.82, 2.24) is 5.32 Å². The van der Waals surface area contributed by atoms with Crippen LogP contribution in [-0.4, -0.2) is 6.54 Å². The molecule has 0 fully saturated rings. The van der Waals surface area contributed by atoms with E-state index in [1.165, 1.54) is 25.7 Å². The first-order chi connectivity index (χ1) is 8.74. The van der Waals surface area contributed by atoms with Crippen LogP contribution in [0.15, 0.2) is 16.5 Å². The molecule has 0 saturated carbocycles. The molecule has 1 unspecified atom stereocenters. The highest BCUT2D eigenvalue weighted by Crippen LogP contribution is 2.26. The third-order valence-corrected chi connectivity index (χ3v) is 3.74. The summed E-state index contributed by atoms with van der Waals surface area (Å²) in [6, 6.07) is 4.65. The molecule has 0 aliphatic heterocycles. The first kappa shape index (κ1) is 15.3. The van der Waals surface area contributed by atoms with Crippen LogP contribution in [0.25, 0.3) is 0 Å². The molecule has 0 aliphatic rings. The van der Waals surface area contributed by atoms with Crippen LogP contribution in [0.4, 0.5) is 0 Å². The number of rotatable bonds is 9. The van der Waals surface area contributed by atoms with Gasteiger partial charge in [-0.15, -0.1) is 0 Å². The molecular weight excluding hydrogens is 222 g/mol. The normalized spacial score (nSPS) is 13.2. The van der Waals surface area contributed by atoms with Crippen LogP contribution in [0, 0.1) is 5.92 Å². The SMILES string of the molecule is CCCNC(CC(CC)CC)c1ccc(CC)o1. The van der Waals surface area contributed by atoms with Gasteiger partial charge < -0.3 is 9.73 Å². The predicted molar refractivity (Wildman–Crippen MR) is 77.8 cm³/mol. The van der Waals surface area contributed by atoms with Crippen molar-refractivity contribution >= 4 is 0 Å². The van der Waals surface area contributed by atoms with E-state index < -0.39 is 0 Å². The summed E-state index contributed by atoms with van der Waals surface area (Å²) in [4.78, 5) is 0. The van der Waals surface area contributed by atoms with Crippen LogP contribution < -0.4 is 5.32 Å². The number of nitrogens with one attached hydrogen (secondary N) is 1.